The van der Waals surface area contributed by atoms with Gasteiger partial charge >= 0.3 is 0 Å². The van der Waals surface area contributed by atoms with E-state index in [1.807, 2.05) is 19.1 Å². The molecule has 0 amide bonds. The maximum absolute atomic E-state index is 6.58. The Labute approximate surface area is 131 Å². The van der Waals surface area contributed by atoms with E-state index in [1.165, 1.54) is 5.56 Å². The second-order valence-electron chi connectivity index (χ2n) is 6.30. The van der Waals surface area contributed by atoms with Gasteiger partial charge in [0.1, 0.15) is 0 Å². The molecule has 0 fully saturated rings. The van der Waals surface area contributed by atoms with Gasteiger partial charge in [0.05, 0.1) is 5.38 Å². The van der Waals surface area contributed by atoms with Crippen LogP contribution < -0.4 is 0 Å². The predicted molar refractivity (Wildman–Crippen MR) is 89.0 cm³/mol. The summed E-state index contributed by atoms with van der Waals surface area (Å²) in [4.78, 5) is 0. The molecular weight excluding hydrogens is 287 g/mol. The van der Waals surface area contributed by atoms with Crippen LogP contribution in [0.2, 0.25) is 5.02 Å². The largest absolute Gasteiger partial charge is 0.113 e. The summed E-state index contributed by atoms with van der Waals surface area (Å²) in [7, 11) is 0. The molecule has 20 heavy (non-hydrogen) atoms. The second-order valence-corrected chi connectivity index (χ2v) is 7.17. The van der Waals surface area contributed by atoms with Crippen molar-refractivity contribution in [1.29, 1.82) is 0 Å². The van der Waals surface area contributed by atoms with Gasteiger partial charge in [0.15, 0.2) is 0 Å². The number of hydrogen-bond donors (Lipinski definition) is 0. The van der Waals surface area contributed by atoms with E-state index in [0.29, 0.717) is 0 Å². The summed E-state index contributed by atoms with van der Waals surface area (Å²) < 4.78 is 0. The maximum Gasteiger partial charge on any atom is 0.0836 e. The first kappa shape index (κ1) is 15.4. The van der Waals surface area contributed by atoms with Gasteiger partial charge in [0.25, 0.3) is 0 Å². The van der Waals surface area contributed by atoms with Crippen molar-refractivity contribution in [2.45, 2.75) is 38.5 Å². The highest BCUT2D eigenvalue weighted by atomic mass is 35.5. The molecule has 1 atom stereocenters. The number of rotatable bonds is 2. The Morgan fingerprint density at radius 2 is 1.50 bits per heavy atom. The third-order valence-electron chi connectivity index (χ3n) is 3.43. The highest BCUT2D eigenvalue weighted by molar-refractivity contribution is 6.31. The van der Waals surface area contributed by atoms with Gasteiger partial charge in [-0.25, -0.2) is 0 Å². The molecule has 0 saturated carbocycles. The fourth-order valence-electron chi connectivity index (χ4n) is 2.26. The molecule has 0 N–H and O–H groups in total. The number of hydrogen-bond acceptors (Lipinski definition) is 0. The molecule has 0 aromatic heterocycles. The topological polar surface area (TPSA) is 0 Å². The van der Waals surface area contributed by atoms with Gasteiger partial charge in [-0.2, -0.15) is 0 Å². The van der Waals surface area contributed by atoms with Gasteiger partial charge in [-0.3, -0.25) is 0 Å². The Kier molecular flexibility index (Phi) is 4.46. The summed E-state index contributed by atoms with van der Waals surface area (Å²) in [6.07, 6.45) is 0. The van der Waals surface area contributed by atoms with Crippen molar-refractivity contribution in [3.63, 3.8) is 0 Å². The van der Waals surface area contributed by atoms with E-state index < -0.39 is 0 Å². The summed E-state index contributed by atoms with van der Waals surface area (Å²) >= 11 is 12.7. The minimum absolute atomic E-state index is 0.160. The third kappa shape index (κ3) is 3.56. The predicted octanol–water partition coefficient (Wildman–Crippen LogP) is 6.27. The van der Waals surface area contributed by atoms with E-state index in [0.717, 1.165) is 21.7 Å². The minimum Gasteiger partial charge on any atom is -0.113 e. The Hall–Kier alpha value is -0.980. The lowest BCUT2D eigenvalue weighted by Crippen LogP contribution is -2.10. The number of aryl methyl sites for hydroxylation is 1. The van der Waals surface area contributed by atoms with E-state index >= 15 is 0 Å². The molecule has 0 spiro atoms. The smallest absolute Gasteiger partial charge is 0.0836 e. The second kappa shape index (κ2) is 5.79. The van der Waals surface area contributed by atoms with Crippen molar-refractivity contribution in [2.24, 2.45) is 0 Å². The van der Waals surface area contributed by atoms with Crippen LogP contribution >= 0.6 is 23.2 Å². The van der Waals surface area contributed by atoms with Crippen LogP contribution in [0, 0.1) is 6.92 Å². The summed E-state index contributed by atoms with van der Waals surface area (Å²) in [6.45, 7) is 8.66. The van der Waals surface area contributed by atoms with Crippen molar-refractivity contribution >= 4 is 23.2 Å². The van der Waals surface area contributed by atoms with Crippen LogP contribution in [-0.2, 0) is 5.41 Å². The molecule has 0 bridgehead atoms. The third-order valence-corrected chi connectivity index (χ3v) is 4.15. The molecule has 2 rings (SSSR count). The van der Waals surface area contributed by atoms with Gasteiger partial charge in [0, 0.05) is 5.02 Å². The Bertz CT molecular complexity index is 572. The molecule has 0 heterocycles. The summed E-state index contributed by atoms with van der Waals surface area (Å²) in [6, 6.07) is 14.5. The highest BCUT2D eigenvalue weighted by Crippen LogP contribution is 2.32. The molecule has 0 radical (unpaired) electrons. The number of halogens is 2. The zero-order chi connectivity index (χ0) is 14.9. The van der Waals surface area contributed by atoms with Crippen LogP contribution in [0.3, 0.4) is 0 Å². The first-order valence-corrected chi connectivity index (χ1v) is 7.60. The fraction of sp³-hybridized carbons (Fsp3) is 0.333. The SMILES string of the molecule is Cc1cc(Cl)cc(C(Cl)c2ccc(C(C)(C)C)cc2)c1. The van der Waals surface area contributed by atoms with Crippen molar-refractivity contribution < 1.29 is 0 Å². The molecule has 2 aromatic rings. The molecule has 0 aliphatic heterocycles. The normalized spacial score (nSPS) is 13.3. The standard InChI is InChI=1S/C18H20Cl2/c1-12-9-14(11-16(19)10-12)17(20)13-5-7-15(8-6-13)18(2,3)4/h5-11,17H,1-4H3. The molecule has 0 aliphatic rings. The van der Waals surface area contributed by atoms with Crippen molar-refractivity contribution in [3.8, 4) is 0 Å². The minimum atomic E-state index is -0.165. The van der Waals surface area contributed by atoms with Crippen LogP contribution in [0.5, 0.6) is 0 Å². The highest BCUT2D eigenvalue weighted by Gasteiger charge is 2.16. The zero-order valence-electron chi connectivity index (χ0n) is 12.4. The first-order valence-electron chi connectivity index (χ1n) is 6.79. The summed E-state index contributed by atoms with van der Waals surface area (Å²) in [5.41, 5.74) is 4.74. The van der Waals surface area contributed by atoms with Crippen molar-refractivity contribution in [2.75, 3.05) is 0 Å². The van der Waals surface area contributed by atoms with Gasteiger partial charge in [0.2, 0.25) is 0 Å². The van der Waals surface area contributed by atoms with Gasteiger partial charge < -0.3 is 0 Å². The van der Waals surface area contributed by atoms with Crippen molar-refractivity contribution in [3.05, 3.63) is 69.7 Å². The van der Waals surface area contributed by atoms with E-state index in [4.69, 9.17) is 23.2 Å². The molecule has 2 aromatic carbocycles. The van der Waals surface area contributed by atoms with E-state index in [-0.39, 0.29) is 10.8 Å². The quantitative estimate of drug-likeness (QED) is 0.573. The molecule has 0 aliphatic carbocycles. The molecule has 1 unspecified atom stereocenters. The lowest BCUT2D eigenvalue weighted by atomic mass is 9.86. The monoisotopic (exact) mass is 306 g/mol. The van der Waals surface area contributed by atoms with Gasteiger partial charge in [-0.15, -0.1) is 11.6 Å². The lowest BCUT2D eigenvalue weighted by Gasteiger charge is -2.20. The Morgan fingerprint density at radius 3 is 2.00 bits per heavy atom. The maximum atomic E-state index is 6.58. The van der Waals surface area contributed by atoms with E-state index in [9.17, 15) is 0 Å². The van der Waals surface area contributed by atoms with Crippen LogP contribution in [0.15, 0.2) is 42.5 Å². The average molecular weight is 307 g/mol. The molecule has 0 saturated heterocycles. The Balaban J connectivity index is 2.31. The lowest BCUT2D eigenvalue weighted by molar-refractivity contribution is 0.590. The summed E-state index contributed by atoms with van der Waals surface area (Å²) in [5, 5.41) is 0.568. The fourth-order valence-corrected chi connectivity index (χ4v) is 2.83. The molecule has 106 valence electrons. The molecular formula is C18H20Cl2. The average Bonchev–Trinajstić information content (AvgIpc) is 2.36. The first-order chi connectivity index (χ1) is 9.27. The zero-order valence-corrected chi connectivity index (χ0v) is 13.9. The molecule has 2 heteroatoms. The molecule has 0 nitrogen and oxygen atoms in total. The van der Waals surface area contributed by atoms with Crippen molar-refractivity contribution in [1.82, 2.24) is 0 Å². The number of alkyl halides is 1. The van der Waals surface area contributed by atoms with Crippen LogP contribution in [0.1, 0.15) is 48.4 Å². The van der Waals surface area contributed by atoms with E-state index in [2.05, 4.69) is 51.1 Å². The summed E-state index contributed by atoms with van der Waals surface area (Å²) in [5.74, 6) is 0. The van der Waals surface area contributed by atoms with Gasteiger partial charge in [-0.1, -0.05) is 62.7 Å². The Morgan fingerprint density at radius 1 is 0.900 bits per heavy atom. The van der Waals surface area contributed by atoms with Crippen LogP contribution in [-0.4, -0.2) is 0 Å². The number of benzene rings is 2. The van der Waals surface area contributed by atoms with Crippen LogP contribution in [0.25, 0.3) is 0 Å². The van der Waals surface area contributed by atoms with Crippen LogP contribution in [0.4, 0.5) is 0 Å². The van der Waals surface area contributed by atoms with Gasteiger partial charge in [-0.05, 0) is 46.7 Å². The van der Waals surface area contributed by atoms with E-state index in [1.54, 1.807) is 0 Å².